The molecular formula is C56H86O6. The molecule has 0 radical (unpaired) electrons. The molecule has 1 atom stereocenters. The van der Waals surface area contributed by atoms with Crippen LogP contribution in [0.1, 0.15) is 181 Å². The molecule has 346 valence electrons. The van der Waals surface area contributed by atoms with Crippen LogP contribution in [0.3, 0.4) is 0 Å². The van der Waals surface area contributed by atoms with Crippen molar-refractivity contribution in [3.63, 3.8) is 0 Å². The number of hydrogen-bond acceptors (Lipinski definition) is 6. The van der Waals surface area contributed by atoms with Gasteiger partial charge in [-0.1, -0.05) is 206 Å². The van der Waals surface area contributed by atoms with E-state index in [9.17, 15) is 14.4 Å². The fraction of sp³-hybridized carbons (Fsp3) is 0.554. The molecule has 1 unspecified atom stereocenters. The molecule has 0 saturated heterocycles. The third-order valence-corrected chi connectivity index (χ3v) is 9.57. The van der Waals surface area contributed by atoms with Gasteiger partial charge in [0.2, 0.25) is 0 Å². The van der Waals surface area contributed by atoms with E-state index in [0.717, 1.165) is 122 Å². The molecular weight excluding hydrogens is 769 g/mol. The first kappa shape index (κ1) is 57.5. The van der Waals surface area contributed by atoms with E-state index in [0.29, 0.717) is 19.3 Å². The van der Waals surface area contributed by atoms with Gasteiger partial charge >= 0.3 is 17.9 Å². The largest absolute Gasteiger partial charge is 0.462 e. The summed E-state index contributed by atoms with van der Waals surface area (Å²) in [7, 11) is 0. The Balaban J connectivity index is 4.55. The van der Waals surface area contributed by atoms with E-state index in [2.05, 4.69) is 99.8 Å². The maximum absolute atomic E-state index is 12.8. The minimum absolute atomic E-state index is 0.115. The van der Waals surface area contributed by atoms with E-state index in [1.54, 1.807) is 0 Å². The lowest BCUT2D eigenvalue weighted by atomic mass is 10.1. The van der Waals surface area contributed by atoms with E-state index >= 15 is 0 Å². The fourth-order valence-electron chi connectivity index (χ4n) is 6.00. The van der Waals surface area contributed by atoms with Crippen LogP contribution in [0.25, 0.3) is 0 Å². The molecule has 0 aliphatic carbocycles. The Morgan fingerprint density at radius 2 is 0.661 bits per heavy atom. The summed E-state index contributed by atoms with van der Waals surface area (Å²) >= 11 is 0. The van der Waals surface area contributed by atoms with Crippen molar-refractivity contribution in [2.24, 2.45) is 0 Å². The SMILES string of the molecule is CC\C=C/C=C\C=C/C=C\C=C/CCCCCC(=O)OC(COC(=O)CCCCCCC\C=C/C=C\C=C/CC)COC(=O)CCCCCCCC/C=C\C/C=C\C/C=C\CC. The zero-order chi connectivity index (χ0) is 45.1. The maximum atomic E-state index is 12.8. The molecule has 0 amide bonds. The second kappa shape index (κ2) is 49.2. The molecule has 0 bridgehead atoms. The third-order valence-electron chi connectivity index (χ3n) is 9.57. The Morgan fingerprint density at radius 1 is 0.339 bits per heavy atom. The van der Waals surface area contributed by atoms with Crippen LogP contribution in [0.4, 0.5) is 0 Å². The molecule has 0 heterocycles. The molecule has 0 saturated carbocycles. The van der Waals surface area contributed by atoms with Crippen LogP contribution in [0, 0.1) is 0 Å². The highest BCUT2D eigenvalue weighted by Gasteiger charge is 2.19. The number of allylic oxidation sites excluding steroid dienone is 22. The quantitative estimate of drug-likeness (QED) is 0.0200. The minimum Gasteiger partial charge on any atom is -0.462 e. The van der Waals surface area contributed by atoms with Gasteiger partial charge in [0.1, 0.15) is 13.2 Å². The van der Waals surface area contributed by atoms with Gasteiger partial charge < -0.3 is 14.2 Å². The molecule has 0 aromatic carbocycles. The Kier molecular flexibility index (Phi) is 45.7. The van der Waals surface area contributed by atoms with Crippen molar-refractivity contribution in [1.82, 2.24) is 0 Å². The minimum atomic E-state index is -0.818. The maximum Gasteiger partial charge on any atom is 0.306 e. The summed E-state index contributed by atoms with van der Waals surface area (Å²) in [5.41, 5.74) is 0. The average Bonchev–Trinajstić information content (AvgIpc) is 3.27. The van der Waals surface area contributed by atoms with E-state index in [1.165, 1.54) is 12.8 Å². The third kappa shape index (κ3) is 46.6. The molecule has 0 aromatic heterocycles. The Bertz CT molecular complexity index is 1400. The van der Waals surface area contributed by atoms with Crippen LogP contribution in [0.15, 0.2) is 134 Å². The van der Waals surface area contributed by atoms with E-state index < -0.39 is 6.10 Å². The molecule has 0 spiro atoms. The highest BCUT2D eigenvalue weighted by Crippen LogP contribution is 2.12. The smallest absolute Gasteiger partial charge is 0.306 e. The van der Waals surface area contributed by atoms with Crippen LogP contribution in [-0.4, -0.2) is 37.2 Å². The lowest BCUT2D eigenvalue weighted by molar-refractivity contribution is -0.167. The van der Waals surface area contributed by atoms with Gasteiger partial charge in [0.25, 0.3) is 0 Å². The Labute approximate surface area is 379 Å². The van der Waals surface area contributed by atoms with Crippen LogP contribution in [0.5, 0.6) is 0 Å². The number of rotatable bonds is 41. The summed E-state index contributed by atoms with van der Waals surface area (Å²) in [4.78, 5) is 37.9. The second-order valence-electron chi connectivity index (χ2n) is 15.4. The number of hydrogen-bond donors (Lipinski definition) is 0. The molecule has 0 fully saturated rings. The molecule has 0 rings (SSSR count). The molecule has 6 heteroatoms. The number of esters is 3. The number of carbonyl (C=O) groups excluding carboxylic acids is 3. The van der Waals surface area contributed by atoms with Gasteiger partial charge in [-0.3, -0.25) is 14.4 Å². The number of ether oxygens (including phenoxy) is 3. The normalized spacial score (nSPS) is 13.3. The first-order valence-corrected chi connectivity index (χ1v) is 24.3. The lowest BCUT2D eigenvalue weighted by Gasteiger charge is -2.18. The van der Waals surface area contributed by atoms with Crippen molar-refractivity contribution < 1.29 is 28.6 Å². The van der Waals surface area contributed by atoms with E-state index in [4.69, 9.17) is 14.2 Å². The second-order valence-corrected chi connectivity index (χ2v) is 15.4. The van der Waals surface area contributed by atoms with Gasteiger partial charge in [-0.25, -0.2) is 0 Å². The van der Waals surface area contributed by atoms with Crippen molar-refractivity contribution in [3.8, 4) is 0 Å². The monoisotopic (exact) mass is 855 g/mol. The topological polar surface area (TPSA) is 78.9 Å². The Hall–Kier alpha value is -4.45. The summed E-state index contributed by atoms with van der Waals surface area (Å²) in [6.45, 7) is 6.15. The number of carbonyl (C=O) groups is 3. The molecule has 0 aliphatic rings. The van der Waals surface area contributed by atoms with Crippen LogP contribution in [0.2, 0.25) is 0 Å². The van der Waals surface area contributed by atoms with Crippen molar-refractivity contribution >= 4 is 17.9 Å². The van der Waals surface area contributed by atoms with Crippen molar-refractivity contribution in [3.05, 3.63) is 134 Å². The molecule has 0 aromatic rings. The predicted octanol–water partition coefficient (Wildman–Crippen LogP) is 15.9. The summed E-state index contributed by atoms with van der Waals surface area (Å²) in [5, 5.41) is 0. The standard InChI is InChI=1S/C56H86O6/c1-4-7-10-13-16-19-22-25-27-29-31-34-37-40-43-46-49-55(58)61-52-53(51-60-54(57)48-45-42-39-36-33-30-24-21-18-15-12-9-6-3)62-56(59)50-47-44-41-38-35-32-28-26-23-20-17-14-11-8-5-2/h7-12,14-21,23-28,32,35,53H,4-6,13,22,29-31,33-34,36-52H2,1-3H3/b10-7-,11-8-,12-9-,17-14-,18-15-,19-16-,23-20-,24-21-,27-25-,28-26-,35-32-. The van der Waals surface area contributed by atoms with Crippen LogP contribution < -0.4 is 0 Å². The molecule has 62 heavy (non-hydrogen) atoms. The van der Waals surface area contributed by atoms with Gasteiger partial charge in [0, 0.05) is 19.3 Å². The van der Waals surface area contributed by atoms with Gasteiger partial charge in [-0.2, -0.15) is 0 Å². The summed E-state index contributed by atoms with van der Waals surface area (Å²) < 4.78 is 16.7. The predicted molar refractivity (Wildman–Crippen MR) is 265 cm³/mol. The van der Waals surface area contributed by atoms with E-state index in [-0.39, 0.29) is 37.5 Å². The highest BCUT2D eigenvalue weighted by molar-refractivity contribution is 5.71. The molecule has 0 aliphatic heterocycles. The van der Waals surface area contributed by atoms with Crippen molar-refractivity contribution in [1.29, 1.82) is 0 Å². The van der Waals surface area contributed by atoms with Crippen LogP contribution in [-0.2, 0) is 28.6 Å². The van der Waals surface area contributed by atoms with E-state index in [1.807, 2.05) is 54.7 Å². The van der Waals surface area contributed by atoms with Gasteiger partial charge in [0.05, 0.1) is 0 Å². The van der Waals surface area contributed by atoms with Crippen molar-refractivity contribution in [2.45, 2.75) is 187 Å². The Morgan fingerprint density at radius 3 is 1.11 bits per heavy atom. The molecule has 0 N–H and O–H groups in total. The summed E-state index contributed by atoms with van der Waals surface area (Å²) in [6.07, 6.45) is 68.6. The highest BCUT2D eigenvalue weighted by atomic mass is 16.6. The lowest BCUT2D eigenvalue weighted by Crippen LogP contribution is -2.30. The fourth-order valence-corrected chi connectivity index (χ4v) is 6.00. The van der Waals surface area contributed by atoms with Gasteiger partial charge in [-0.05, 0) is 89.9 Å². The van der Waals surface area contributed by atoms with Crippen molar-refractivity contribution in [2.75, 3.05) is 13.2 Å². The van der Waals surface area contributed by atoms with Gasteiger partial charge in [-0.15, -0.1) is 0 Å². The summed E-state index contributed by atoms with van der Waals surface area (Å²) in [5.74, 6) is -1.00. The molecule has 6 nitrogen and oxygen atoms in total. The van der Waals surface area contributed by atoms with Crippen LogP contribution >= 0.6 is 0 Å². The van der Waals surface area contributed by atoms with Gasteiger partial charge in [0.15, 0.2) is 6.10 Å². The zero-order valence-electron chi connectivity index (χ0n) is 39.3. The zero-order valence-corrected chi connectivity index (χ0v) is 39.3. The average molecular weight is 855 g/mol. The number of unbranched alkanes of at least 4 members (excludes halogenated alkanes) is 14. The first-order valence-electron chi connectivity index (χ1n) is 24.3. The first-order chi connectivity index (χ1) is 30.5. The summed E-state index contributed by atoms with van der Waals surface area (Å²) in [6, 6.07) is 0.